The van der Waals surface area contributed by atoms with Crippen molar-refractivity contribution in [2.45, 2.75) is 0 Å². The van der Waals surface area contributed by atoms with Crippen LogP contribution in [-0.2, 0) is 0 Å². The zero-order valence-electron chi connectivity index (χ0n) is 9.01. The summed E-state index contributed by atoms with van der Waals surface area (Å²) in [4.78, 5) is 2.90. The first-order valence-electron chi connectivity index (χ1n) is 5.35. The topological polar surface area (TPSA) is 56.2 Å². The van der Waals surface area contributed by atoms with Crippen LogP contribution in [0.25, 0.3) is 22.0 Å². The zero-order valence-corrected chi connectivity index (χ0v) is 9.01. The summed E-state index contributed by atoms with van der Waals surface area (Å²) in [6.45, 7) is 0. The van der Waals surface area contributed by atoms with Crippen LogP contribution in [0.3, 0.4) is 0 Å². The summed E-state index contributed by atoms with van der Waals surface area (Å²) in [6, 6.07) is 14.6. The third-order valence-corrected chi connectivity index (χ3v) is 2.86. The fourth-order valence-corrected chi connectivity index (χ4v) is 2.09. The number of aromatic hydroxyl groups is 2. The van der Waals surface area contributed by atoms with E-state index in [4.69, 9.17) is 0 Å². The van der Waals surface area contributed by atoms with Crippen LogP contribution in [0.4, 0.5) is 0 Å². The average molecular weight is 225 g/mol. The van der Waals surface area contributed by atoms with Gasteiger partial charge < -0.3 is 15.2 Å². The second-order valence-electron chi connectivity index (χ2n) is 3.91. The lowest BCUT2D eigenvalue weighted by atomic mass is 10.0. The minimum absolute atomic E-state index is 0.0766. The highest BCUT2D eigenvalue weighted by atomic mass is 16.3. The van der Waals surface area contributed by atoms with Crippen LogP contribution >= 0.6 is 0 Å². The Morgan fingerprint density at radius 3 is 2.35 bits per heavy atom. The average Bonchev–Trinajstić information content (AvgIpc) is 2.66. The molecular weight excluding hydrogens is 214 g/mol. The van der Waals surface area contributed by atoms with Gasteiger partial charge in [-0.25, -0.2) is 0 Å². The summed E-state index contributed by atoms with van der Waals surface area (Å²) in [5, 5.41) is 20.7. The molecular formula is C14H11NO2. The number of H-pyrrole nitrogens is 1. The highest BCUT2D eigenvalue weighted by molar-refractivity contribution is 6.00. The van der Waals surface area contributed by atoms with Gasteiger partial charge in [0, 0.05) is 16.5 Å². The van der Waals surface area contributed by atoms with E-state index in [1.54, 1.807) is 18.2 Å². The van der Waals surface area contributed by atoms with Gasteiger partial charge in [-0.05, 0) is 12.1 Å². The summed E-state index contributed by atoms with van der Waals surface area (Å²) in [6.07, 6.45) is 0. The summed E-state index contributed by atoms with van der Waals surface area (Å²) >= 11 is 0. The third kappa shape index (κ3) is 1.44. The maximum absolute atomic E-state index is 9.95. The molecule has 84 valence electrons. The first-order valence-corrected chi connectivity index (χ1v) is 5.35. The molecule has 0 atom stereocenters. The monoisotopic (exact) mass is 225 g/mol. The number of phenolic OH excluding ortho intramolecular Hbond substituents is 1. The van der Waals surface area contributed by atoms with Crippen LogP contribution in [0.15, 0.2) is 48.5 Å². The molecule has 0 saturated heterocycles. The third-order valence-electron chi connectivity index (χ3n) is 2.86. The number of aromatic amines is 1. The highest BCUT2D eigenvalue weighted by Crippen LogP contribution is 2.40. The molecule has 3 N–H and O–H groups in total. The van der Waals surface area contributed by atoms with Crippen molar-refractivity contribution in [2.75, 3.05) is 0 Å². The molecule has 17 heavy (non-hydrogen) atoms. The number of aromatic nitrogens is 1. The molecule has 0 aliphatic carbocycles. The quantitative estimate of drug-likeness (QED) is 0.595. The summed E-state index contributed by atoms with van der Waals surface area (Å²) < 4.78 is 0. The number of nitrogens with one attached hydrogen (secondary N) is 1. The summed E-state index contributed by atoms with van der Waals surface area (Å²) in [5.74, 6) is 0.236. The van der Waals surface area contributed by atoms with Crippen LogP contribution in [-0.4, -0.2) is 15.2 Å². The van der Waals surface area contributed by atoms with Gasteiger partial charge in [-0.3, -0.25) is 0 Å². The minimum atomic E-state index is 0.0766. The van der Waals surface area contributed by atoms with Crippen molar-refractivity contribution in [3.8, 4) is 22.8 Å². The molecule has 3 rings (SSSR count). The minimum Gasteiger partial charge on any atom is -0.507 e. The van der Waals surface area contributed by atoms with E-state index >= 15 is 0 Å². The van der Waals surface area contributed by atoms with Crippen molar-refractivity contribution in [2.24, 2.45) is 0 Å². The SMILES string of the molecule is Oc1ccccc1-c1c(O)[nH]c2ccccc12. The smallest absolute Gasteiger partial charge is 0.197 e. The second kappa shape index (κ2) is 3.56. The predicted octanol–water partition coefficient (Wildman–Crippen LogP) is 3.25. The molecule has 0 aliphatic heterocycles. The van der Waals surface area contributed by atoms with E-state index in [2.05, 4.69) is 4.98 Å². The van der Waals surface area contributed by atoms with Crippen molar-refractivity contribution in [3.63, 3.8) is 0 Å². The summed E-state index contributed by atoms with van der Waals surface area (Å²) in [7, 11) is 0. The van der Waals surface area contributed by atoms with Crippen molar-refractivity contribution in [1.29, 1.82) is 0 Å². The highest BCUT2D eigenvalue weighted by Gasteiger charge is 2.14. The van der Waals surface area contributed by atoms with Gasteiger partial charge in [-0.2, -0.15) is 0 Å². The van der Waals surface area contributed by atoms with Gasteiger partial charge in [0.05, 0.1) is 5.56 Å². The van der Waals surface area contributed by atoms with Crippen LogP contribution in [0.2, 0.25) is 0 Å². The van der Waals surface area contributed by atoms with Crippen LogP contribution in [0.1, 0.15) is 0 Å². The lowest BCUT2D eigenvalue weighted by Gasteiger charge is -2.03. The van der Waals surface area contributed by atoms with E-state index in [1.807, 2.05) is 30.3 Å². The maximum atomic E-state index is 9.95. The van der Waals surface area contributed by atoms with Crippen LogP contribution < -0.4 is 0 Å². The first-order chi connectivity index (χ1) is 8.27. The number of hydrogen-bond donors (Lipinski definition) is 3. The fraction of sp³-hybridized carbons (Fsp3) is 0. The van der Waals surface area contributed by atoms with Crippen molar-refractivity contribution in [1.82, 2.24) is 4.98 Å². The molecule has 0 bridgehead atoms. The van der Waals surface area contributed by atoms with Crippen molar-refractivity contribution >= 4 is 10.9 Å². The molecule has 1 aromatic heterocycles. The lowest BCUT2D eigenvalue weighted by Crippen LogP contribution is -1.77. The van der Waals surface area contributed by atoms with Gasteiger partial charge in [0.15, 0.2) is 5.88 Å². The normalized spacial score (nSPS) is 10.8. The number of benzene rings is 2. The van der Waals surface area contributed by atoms with Gasteiger partial charge in [0.2, 0.25) is 0 Å². The largest absolute Gasteiger partial charge is 0.507 e. The molecule has 3 nitrogen and oxygen atoms in total. The lowest BCUT2D eigenvalue weighted by molar-refractivity contribution is 0.457. The first kappa shape index (κ1) is 9.78. The molecule has 0 fully saturated rings. The number of fused-ring (bicyclic) bond motifs is 1. The predicted molar refractivity (Wildman–Crippen MR) is 67.1 cm³/mol. The Bertz CT molecular complexity index is 686. The number of phenols is 1. The molecule has 0 amide bonds. The molecule has 0 spiro atoms. The molecule has 0 aliphatic rings. The molecule has 1 heterocycles. The van der Waals surface area contributed by atoms with E-state index in [-0.39, 0.29) is 11.6 Å². The molecule has 3 aromatic rings. The van der Waals surface area contributed by atoms with E-state index in [1.165, 1.54) is 0 Å². The van der Waals surface area contributed by atoms with Gasteiger partial charge in [0.1, 0.15) is 5.75 Å². The Morgan fingerprint density at radius 1 is 0.824 bits per heavy atom. The van der Waals surface area contributed by atoms with Gasteiger partial charge >= 0.3 is 0 Å². The van der Waals surface area contributed by atoms with Gasteiger partial charge in [0.25, 0.3) is 0 Å². The Hall–Kier alpha value is -2.42. The number of hydrogen-bond acceptors (Lipinski definition) is 2. The standard InChI is InChI=1S/C14H11NO2/c16-12-8-4-2-6-10(12)13-9-5-1-3-7-11(9)15-14(13)17/h1-8,15-17H. The van der Waals surface area contributed by atoms with Crippen LogP contribution in [0, 0.1) is 0 Å². The van der Waals surface area contributed by atoms with Crippen molar-refractivity contribution in [3.05, 3.63) is 48.5 Å². The van der Waals surface area contributed by atoms with Crippen LogP contribution in [0.5, 0.6) is 11.6 Å². The molecule has 0 unspecified atom stereocenters. The second-order valence-corrected chi connectivity index (χ2v) is 3.91. The molecule has 2 aromatic carbocycles. The fourth-order valence-electron chi connectivity index (χ4n) is 2.09. The van der Waals surface area contributed by atoms with E-state index in [0.29, 0.717) is 11.1 Å². The van der Waals surface area contributed by atoms with E-state index in [0.717, 1.165) is 10.9 Å². The van der Waals surface area contributed by atoms with E-state index < -0.39 is 0 Å². The van der Waals surface area contributed by atoms with Crippen molar-refractivity contribution < 1.29 is 10.2 Å². The Kier molecular flexibility index (Phi) is 2.05. The van der Waals surface area contributed by atoms with E-state index in [9.17, 15) is 10.2 Å². The maximum Gasteiger partial charge on any atom is 0.197 e. The molecule has 0 saturated carbocycles. The number of rotatable bonds is 1. The Labute approximate surface area is 98.0 Å². The Balaban J connectivity index is 2.38. The van der Waals surface area contributed by atoms with Gasteiger partial charge in [-0.15, -0.1) is 0 Å². The summed E-state index contributed by atoms with van der Waals surface area (Å²) in [5.41, 5.74) is 2.12. The zero-order chi connectivity index (χ0) is 11.8. The molecule has 0 radical (unpaired) electrons. The van der Waals surface area contributed by atoms with Gasteiger partial charge in [-0.1, -0.05) is 36.4 Å². The number of para-hydroxylation sites is 2. The molecule has 3 heteroatoms. The Morgan fingerprint density at radius 2 is 1.53 bits per heavy atom.